The number of halogens is 3. The Balaban J connectivity index is 1.33. The van der Waals surface area contributed by atoms with Crippen LogP contribution in [0.5, 0.6) is 5.75 Å². The minimum absolute atomic E-state index is 0.00845. The van der Waals surface area contributed by atoms with Crippen LogP contribution in [0.25, 0.3) is 0 Å². The summed E-state index contributed by atoms with van der Waals surface area (Å²) in [6.07, 6.45) is 2.62. The highest BCUT2D eigenvalue weighted by molar-refractivity contribution is 6.30. The van der Waals surface area contributed by atoms with Crippen molar-refractivity contribution in [2.24, 2.45) is 5.92 Å². The third-order valence-corrected chi connectivity index (χ3v) is 8.34. The van der Waals surface area contributed by atoms with Gasteiger partial charge in [0.25, 0.3) is 0 Å². The van der Waals surface area contributed by atoms with E-state index in [-0.39, 0.29) is 28.5 Å². The molecule has 1 aromatic heterocycles. The van der Waals surface area contributed by atoms with Gasteiger partial charge in [-0.05, 0) is 80.3 Å². The molecule has 0 spiro atoms. The summed E-state index contributed by atoms with van der Waals surface area (Å²) in [7, 11) is 0. The summed E-state index contributed by atoms with van der Waals surface area (Å²) in [6, 6.07) is 13.4. The van der Waals surface area contributed by atoms with Crippen LogP contribution in [0.3, 0.4) is 0 Å². The average Bonchev–Trinajstić information content (AvgIpc) is 3.41. The third kappa shape index (κ3) is 6.45. The number of amides is 2. The van der Waals surface area contributed by atoms with E-state index in [2.05, 4.69) is 9.88 Å². The Kier molecular flexibility index (Phi) is 8.73. The fourth-order valence-electron chi connectivity index (χ4n) is 5.77. The van der Waals surface area contributed by atoms with Gasteiger partial charge >= 0.3 is 6.09 Å². The van der Waals surface area contributed by atoms with Crippen molar-refractivity contribution in [1.82, 2.24) is 14.8 Å². The smallest absolute Gasteiger partial charge is 0.410 e. The van der Waals surface area contributed by atoms with E-state index >= 15 is 0 Å². The maximum atomic E-state index is 14.5. The lowest BCUT2D eigenvalue weighted by Crippen LogP contribution is -2.47. The second-order valence-corrected chi connectivity index (χ2v) is 11.1. The van der Waals surface area contributed by atoms with E-state index in [4.69, 9.17) is 16.3 Å². The Morgan fingerprint density at radius 3 is 2.41 bits per heavy atom. The highest BCUT2D eigenvalue weighted by Gasteiger charge is 2.43. The number of hydrogen-bond donors (Lipinski definition) is 0. The van der Waals surface area contributed by atoms with Crippen LogP contribution < -0.4 is 9.64 Å². The number of aryl methyl sites for hydroxylation is 1. The number of carbonyl (C=O) groups is 2. The van der Waals surface area contributed by atoms with Gasteiger partial charge < -0.3 is 19.4 Å². The lowest BCUT2D eigenvalue weighted by Gasteiger charge is -2.34. The van der Waals surface area contributed by atoms with Crippen LogP contribution in [0, 0.1) is 24.5 Å². The minimum atomic E-state index is -0.614. The highest BCUT2D eigenvalue weighted by atomic mass is 35.5. The summed E-state index contributed by atoms with van der Waals surface area (Å²) < 4.78 is 33.4. The van der Waals surface area contributed by atoms with Crippen LogP contribution in [0.15, 0.2) is 60.8 Å². The van der Waals surface area contributed by atoms with E-state index in [0.29, 0.717) is 38.0 Å². The molecule has 2 atom stereocenters. The Hall–Kier alpha value is -3.72. The molecule has 2 unspecified atom stereocenters. The molecule has 216 valence electrons. The third-order valence-electron chi connectivity index (χ3n) is 8.03. The van der Waals surface area contributed by atoms with Crippen molar-refractivity contribution in [1.29, 1.82) is 0 Å². The largest absolute Gasteiger partial charge is 0.415 e. The minimum Gasteiger partial charge on any atom is -0.410 e. The van der Waals surface area contributed by atoms with Gasteiger partial charge in [-0.15, -0.1) is 0 Å². The molecule has 41 heavy (non-hydrogen) atoms. The molecule has 2 aromatic carbocycles. The number of rotatable bonds is 6. The molecule has 2 fully saturated rings. The number of carbonyl (C=O) groups excluding carboxylic acids is 2. The first kappa shape index (κ1) is 28.8. The zero-order valence-electron chi connectivity index (χ0n) is 23.1. The van der Waals surface area contributed by atoms with Crippen molar-refractivity contribution in [3.05, 3.63) is 88.6 Å². The number of likely N-dealkylation sites (tertiary alicyclic amines) is 1. The van der Waals surface area contributed by atoms with Crippen molar-refractivity contribution in [3.8, 4) is 5.75 Å². The molecule has 3 heterocycles. The first-order valence-corrected chi connectivity index (χ1v) is 14.3. The molecular formula is C31H33ClF2N4O3. The number of likely N-dealkylation sites (N-methyl/N-ethyl adjacent to an activating group) is 1. The number of anilines is 1. The summed E-state index contributed by atoms with van der Waals surface area (Å²) in [5, 5.41) is 0.00845. The van der Waals surface area contributed by atoms with Gasteiger partial charge in [0.15, 0.2) is 0 Å². The van der Waals surface area contributed by atoms with E-state index in [1.54, 1.807) is 15.9 Å². The molecule has 2 aliphatic rings. The van der Waals surface area contributed by atoms with Crippen LogP contribution in [0.2, 0.25) is 5.02 Å². The van der Waals surface area contributed by atoms with E-state index in [1.807, 2.05) is 32.2 Å². The average molecular weight is 583 g/mol. The van der Waals surface area contributed by atoms with E-state index < -0.39 is 23.8 Å². The molecule has 0 radical (unpaired) electrons. The monoisotopic (exact) mass is 582 g/mol. The molecule has 10 heteroatoms. The fourth-order valence-corrected chi connectivity index (χ4v) is 5.89. The molecular weight excluding hydrogens is 550 g/mol. The number of ether oxygens (including phenoxy) is 1. The SMILES string of the molecule is CCN(C(=O)Oc1ccc(F)cc1)C1CN(C(=O)C2CCN(c3ccc(C)cn3)CC2)CC1c1ccc(Cl)c(F)c1. The Bertz CT molecular complexity index is 1380. The summed E-state index contributed by atoms with van der Waals surface area (Å²) in [5.74, 6) is -0.334. The van der Waals surface area contributed by atoms with Gasteiger partial charge in [0, 0.05) is 50.8 Å². The van der Waals surface area contributed by atoms with Crippen LogP contribution >= 0.6 is 11.6 Å². The topological polar surface area (TPSA) is 66.0 Å². The lowest BCUT2D eigenvalue weighted by molar-refractivity contribution is -0.135. The maximum Gasteiger partial charge on any atom is 0.415 e. The van der Waals surface area contributed by atoms with Gasteiger partial charge in [0.2, 0.25) is 5.91 Å². The normalized spacial score (nSPS) is 19.3. The van der Waals surface area contributed by atoms with Gasteiger partial charge in [-0.25, -0.2) is 18.6 Å². The van der Waals surface area contributed by atoms with E-state index in [0.717, 1.165) is 24.5 Å². The zero-order valence-corrected chi connectivity index (χ0v) is 23.9. The van der Waals surface area contributed by atoms with Crippen molar-refractivity contribution < 1.29 is 23.1 Å². The summed E-state index contributed by atoms with van der Waals surface area (Å²) in [6.45, 7) is 6.20. The molecule has 0 saturated carbocycles. The number of pyridine rings is 1. The Morgan fingerprint density at radius 1 is 1.05 bits per heavy atom. The van der Waals surface area contributed by atoms with Crippen LogP contribution in [-0.2, 0) is 4.79 Å². The van der Waals surface area contributed by atoms with Crippen LogP contribution in [-0.4, -0.2) is 65.5 Å². The second kappa shape index (κ2) is 12.4. The first-order chi connectivity index (χ1) is 19.7. The van der Waals surface area contributed by atoms with E-state index in [1.165, 1.54) is 36.4 Å². The van der Waals surface area contributed by atoms with Crippen LogP contribution in [0.1, 0.15) is 36.8 Å². The predicted octanol–water partition coefficient (Wildman–Crippen LogP) is 6.05. The van der Waals surface area contributed by atoms with Gasteiger partial charge in [0.1, 0.15) is 23.2 Å². The molecule has 2 saturated heterocycles. The highest BCUT2D eigenvalue weighted by Crippen LogP contribution is 2.35. The maximum absolute atomic E-state index is 14.5. The summed E-state index contributed by atoms with van der Waals surface area (Å²) in [4.78, 5) is 37.1. The molecule has 0 bridgehead atoms. The van der Waals surface area contributed by atoms with Crippen molar-refractivity contribution in [3.63, 3.8) is 0 Å². The number of nitrogens with zero attached hydrogens (tertiary/aromatic N) is 4. The number of hydrogen-bond acceptors (Lipinski definition) is 5. The quantitative estimate of drug-likeness (QED) is 0.354. The number of benzene rings is 2. The molecule has 5 rings (SSSR count). The number of aromatic nitrogens is 1. The Morgan fingerprint density at radius 2 is 1.78 bits per heavy atom. The fraction of sp³-hybridized carbons (Fsp3) is 0.387. The predicted molar refractivity (Wildman–Crippen MR) is 153 cm³/mol. The van der Waals surface area contributed by atoms with Gasteiger partial charge in [-0.2, -0.15) is 0 Å². The first-order valence-electron chi connectivity index (χ1n) is 13.9. The Labute approximate surface area is 243 Å². The van der Waals surface area contributed by atoms with Crippen molar-refractivity contribution in [2.45, 2.75) is 38.6 Å². The van der Waals surface area contributed by atoms with E-state index in [9.17, 15) is 18.4 Å². The molecule has 2 aliphatic heterocycles. The van der Waals surface area contributed by atoms with Gasteiger partial charge in [-0.1, -0.05) is 23.7 Å². The molecule has 0 aliphatic carbocycles. The summed E-state index contributed by atoms with van der Waals surface area (Å²) in [5.41, 5.74) is 1.75. The summed E-state index contributed by atoms with van der Waals surface area (Å²) >= 11 is 5.95. The van der Waals surface area contributed by atoms with Crippen molar-refractivity contribution >= 4 is 29.4 Å². The molecule has 3 aromatic rings. The molecule has 2 amide bonds. The van der Waals surface area contributed by atoms with Gasteiger partial charge in [-0.3, -0.25) is 4.79 Å². The standard InChI is InChI=1S/C31H33ClF2N4O3/c1-3-38(31(40)41-24-8-6-23(33)7-9-24)28-19-37(18-25(28)22-5-10-26(32)27(34)16-22)30(39)21-12-14-36(15-13-21)29-11-4-20(2)17-35-29/h4-11,16-17,21,25,28H,3,12-15,18-19H2,1-2H3. The lowest BCUT2D eigenvalue weighted by atomic mass is 9.93. The zero-order chi connectivity index (χ0) is 29.1. The second-order valence-electron chi connectivity index (χ2n) is 10.7. The van der Waals surface area contributed by atoms with Crippen molar-refractivity contribution in [2.75, 3.05) is 37.6 Å². The molecule has 0 N–H and O–H groups in total. The van der Waals surface area contributed by atoms with Gasteiger partial charge in [0.05, 0.1) is 11.1 Å². The molecule has 7 nitrogen and oxygen atoms in total. The van der Waals surface area contributed by atoms with Crippen LogP contribution in [0.4, 0.5) is 19.4 Å². The number of piperidine rings is 1.